The highest BCUT2D eigenvalue weighted by Gasteiger charge is 2.27. The fourth-order valence-corrected chi connectivity index (χ4v) is 3.57. The van der Waals surface area contributed by atoms with Crippen molar-refractivity contribution in [2.24, 2.45) is 5.92 Å². The van der Waals surface area contributed by atoms with Gasteiger partial charge in [-0.3, -0.25) is 9.59 Å². The first-order valence-corrected chi connectivity index (χ1v) is 8.49. The summed E-state index contributed by atoms with van der Waals surface area (Å²) in [6.45, 7) is 2.34. The van der Waals surface area contributed by atoms with Gasteiger partial charge in [0.15, 0.2) is 0 Å². The number of amides is 2. The van der Waals surface area contributed by atoms with Gasteiger partial charge in [0.1, 0.15) is 5.75 Å². The van der Waals surface area contributed by atoms with E-state index in [-0.39, 0.29) is 17.6 Å². The van der Waals surface area contributed by atoms with E-state index in [9.17, 15) is 14.7 Å². The first kappa shape index (κ1) is 15.8. The molecule has 0 aromatic heterocycles. The van der Waals surface area contributed by atoms with Gasteiger partial charge in [-0.15, -0.1) is 0 Å². The van der Waals surface area contributed by atoms with Gasteiger partial charge in [0.2, 0.25) is 5.91 Å². The Bertz CT molecular complexity index is 573. The van der Waals surface area contributed by atoms with Crippen LogP contribution in [0.25, 0.3) is 0 Å². The molecule has 5 heteroatoms. The summed E-state index contributed by atoms with van der Waals surface area (Å²) in [6.07, 6.45) is 5.54. The molecule has 1 heterocycles. The van der Waals surface area contributed by atoms with Gasteiger partial charge in [-0.25, -0.2) is 0 Å². The molecular formula is C18H24N2O3. The quantitative estimate of drug-likeness (QED) is 0.930. The minimum atomic E-state index is -0.0798. The van der Waals surface area contributed by atoms with Crippen molar-refractivity contribution in [2.75, 3.05) is 26.2 Å². The maximum Gasteiger partial charge on any atom is 0.254 e. The monoisotopic (exact) mass is 316 g/mol. The fourth-order valence-electron chi connectivity index (χ4n) is 3.57. The van der Waals surface area contributed by atoms with Gasteiger partial charge in [0.05, 0.1) is 0 Å². The molecule has 5 nitrogen and oxygen atoms in total. The molecule has 1 aliphatic carbocycles. The second kappa shape index (κ2) is 7.02. The van der Waals surface area contributed by atoms with Gasteiger partial charge in [-0.1, -0.05) is 18.9 Å². The molecule has 1 aromatic rings. The lowest BCUT2D eigenvalue weighted by molar-refractivity contribution is -0.133. The Hall–Kier alpha value is -2.04. The van der Waals surface area contributed by atoms with Crippen molar-refractivity contribution in [2.45, 2.75) is 32.1 Å². The van der Waals surface area contributed by atoms with E-state index < -0.39 is 0 Å². The number of nitrogens with zero attached hydrogens (tertiary/aromatic N) is 2. The maximum absolute atomic E-state index is 12.4. The van der Waals surface area contributed by atoms with E-state index in [2.05, 4.69) is 0 Å². The van der Waals surface area contributed by atoms with Gasteiger partial charge < -0.3 is 14.9 Å². The van der Waals surface area contributed by atoms with Crippen molar-refractivity contribution in [3.63, 3.8) is 0 Å². The number of phenols is 1. The predicted octanol–water partition coefficient (Wildman–Crippen LogP) is 2.26. The van der Waals surface area contributed by atoms with Crippen LogP contribution in [0.4, 0.5) is 0 Å². The number of carbonyl (C=O) groups is 2. The summed E-state index contributed by atoms with van der Waals surface area (Å²) in [5.74, 6) is 0.820. The molecule has 124 valence electrons. The number of piperazine rings is 1. The lowest BCUT2D eigenvalue weighted by Crippen LogP contribution is -2.50. The Balaban J connectivity index is 1.51. The molecule has 0 unspecified atom stereocenters. The lowest BCUT2D eigenvalue weighted by Gasteiger charge is -2.35. The average molecular weight is 316 g/mol. The zero-order chi connectivity index (χ0) is 16.2. The van der Waals surface area contributed by atoms with Crippen LogP contribution < -0.4 is 0 Å². The highest BCUT2D eigenvalue weighted by atomic mass is 16.3. The first-order chi connectivity index (χ1) is 11.1. The van der Waals surface area contributed by atoms with Crippen molar-refractivity contribution in [1.29, 1.82) is 0 Å². The van der Waals surface area contributed by atoms with Crippen molar-refractivity contribution in [3.05, 3.63) is 29.8 Å². The Morgan fingerprint density at radius 3 is 2.35 bits per heavy atom. The minimum Gasteiger partial charge on any atom is -0.508 e. The smallest absolute Gasteiger partial charge is 0.254 e. The number of hydrogen-bond acceptors (Lipinski definition) is 3. The first-order valence-electron chi connectivity index (χ1n) is 8.49. The average Bonchev–Trinajstić information content (AvgIpc) is 3.07. The molecule has 2 amide bonds. The number of aromatic hydroxyl groups is 1. The molecule has 1 aliphatic heterocycles. The molecule has 1 saturated heterocycles. The molecule has 0 spiro atoms. The molecule has 0 bridgehead atoms. The van der Waals surface area contributed by atoms with Crippen molar-refractivity contribution in [3.8, 4) is 5.75 Å². The molecule has 0 radical (unpaired) electrons. The fraction of sp³-hybridized carbons (Fsp3) is 0.556. The van der Waals surface area contributed by atoms with Gasteiger partial charge in [0.25, 0.3) is 5.91 Å². The molecule has 1 N–H and O–H groups in total. The van der Waals surface area contributed by atoms with E-state index in [1.54, 1.807) is 23.1 Å². The van der Waals surface area contributed by atoms with E-state index in [0.717, 1.165) is 0 Å². The standard InChI is InChI=1S/C18H24N2O3/c21-16-7-3-6-15(13-16)18(23)20-10-8-19(9-11-20)17(22)12-14-4-1-2-5-14/h3,6-7,13-14,21H,1-2,4-5,8-12H2. The normalized spacial score (nSPS) is 19.1. The summed E-state index contributed by atoms with van der Waals surface area (Å²) in [6, 6.07) is 6.42. The summed E-state index contributed by atoms with van der Waals surface area (Å²) in [4.78, 5) is 28.4. The largest absolute Gasteiger partial charge is 0.508 e. The zero-order valence-electron chi connectivity index (χ0n) is 13.4. The number of phenolic OH excluding ortho intramolecular Hbond substituents is 1. The van der Waals surface area contributed by atoms with Crippen LogP contribution in [0.3, 0.4) is 0 Å². The van der Waals surface area contributed by atoms with Gasteiger partial charge in [-0.05, 0) is 37.0 Å². The van der Waals surface area contributed by atoms with Crippen molar-refractivity contribution in [1.82, 2.24) is 9.80 Å². The van der Waals surface area contributed by atoms with Gasteiger partial charge in [-0.2, -0.15) is 0 Å². The van der Waals surface area contributed by atoms with Crippen molar-refractivity contribution < 1.29 is 14.7 Å². The molecule has 23 heavy (non-hydrogen) atoms. The summed E-state index contributed by atoms with van der Waals surface area (Å²) in [7, 11) is 0. The number of carbonyl (C=O) groups excluding carboxylic acids is 2. The molecule has 0 atom stereocenters. The number of hydrogen-bond donors (Lipinski definition) is 1. The van der Waals surface area contributed by atoms with Crippen LogP contribution in [0.2, 0.25) is 0 Å². The van der Waals surface area contributed by atoms with Crippen LogP contribution >= 0.6 is 0 Å². The number of benzene rings is 1. The molecular weight excluding hydrogens is 292 g/mol. The van der Waals surface area contributed by atoms with Crippen LogP contribution in [0.15, 0.2) is 24.3 Å². The summed E-state index contributed by atoms with van der Waals surface area (Å²) in [5.41, 5.74) is 0.496. The predicted molar refractivity (Wildman–Crippen MR) is 87.2 cm³/mol. The molecule has 2 aliphatic rings. The third kappa shape index (κ3) is 3.84. The van der Waals surface area contributed by atoms with Crippen LogP contribution in [0.1, 0.15) is 42.5 Å². The van der Waals surface area contributed by atoms with E-state index in [4.69, 9.17) is 0 Å². The lowest BCUT2D eigenvalue weighted by atomic mass is 10.0. The second-order valence-electron chi connectivity index (χ2n) is 6.58. The van der Waals surface area contributed by atoms with Crippen LogP contribution in [-0.4, -0.2) is 52.9 Å². The van der Waals surface area contributed by atoms with Crippen LogP contribution in [0, 0.1) is 5.92 Å². The highest BCUT2D eigenvalue weighted by Crippen LogP contribution is 2.28. The molecule has 1 aromatic carbocycles. The van der Waals surface area contributed by atoms with Gasteiger partial charge >= 0.3 is 0 Å². The minimum absolute atomic E-state index is 0.0798. The highest BCUT2D eigenvalue weighted by molar-refractivity contribution is 5.94. The van der Waals surface area contributed by atoms with E-state index in [0.29, 0.717) is 44.1 Å². The Morgan fingerprint density at radius 2 is 1.70 bits per heavy atom. The molecule has 1 saturated carbocycles. The molecule has 3 rings (SSSR count). The summed E-state index contributed by atoms with van der Waals surface area (Å²) in [5, 5.41) is 9.49. The van der Waals surface area contributed by atoms with Crippen molar-refractivity contribution >= 4 is 11.8 Å². The summed E-state index contributed by atoms with van der Waals surface area (Å²) < 4.78 is 0. The van der Waals surface area contributed by atoms with E-state index in [1.165, 1.54) is 31.7 Å². The SMILES string of the molecule is O=C(CC1CCCC1)N1CCN(C(=O)c2cccc(O)c2)CC1. The third-order valence-electron chi connectivity index (χ3n) is 4.95. The van der Waals surface area contributed by atoms with E-state index >= 15 is 0 Å². The van der Waals surface area contributed by atoms with Crippen LogP contribution in [0.5, 0.6) is 5.75 Å². The third-order valence-corrected chi connectivity index (χ3v) is 4.95. The molecule has 2 fully saturated rings. The summed E-state index contributed by atoms with van der Waals surface area (Å²) >= 11 is 0. The Labute approximate surface area is 136 Å². The number of rotatable bonds is 3. The topological polar surface area (TPSA) is 60.9 Å². The Morgan fingerprint density at radius 1 is 1.04 bits per heavy atom. The van der Waals surface area contributed by atoms with Gasteiger partial charge in [0, 0.05) is 38.2 Å². The Kier molecular flexibility index (Phi) is 4.84. The zero-order valence-corrected chi connectivity index (χ0v) is 13.4. The van der Waals surface area contributed by atoms with E-state index in [1.807, 2.05) is 4.90 Å². The second-order valence-corrected chi connectivity index (χ2v) is 6.58. The van der Waals surface area contributed by atoms with Crippen LogP contribution in [-0.2, 0) is 4.79 Å². The maximum atomic E-state index is 12.4.